The van der Waals surface area contributed by atoms with Crippen LogP contribution in [0.5, 0.6) is 0 Å². The maximum absolute atomic E-state index is 14.1. The minimum atomic E-state index is -4.65. The smallest absolute Gasteiger partial charge is 0.251 e. The third-order valence-electron chi connectivity index (χ3n) is 5.75. The van der Waals surface area contributed by atoms with Crippen LogP contribution in [-0.4, -0.2) is 24.5 Å². The zero-order chi connectivity index (χ0) is 21.0. The molecule has 1 unspecified atom stereocenters. The van der Waals surface area contributed by atoms with Crippen molar-refractivity contribution < 1.29 is 26.7 Å². The molecule has 30 heavy (non-hydrogen) atoms. The van der Waals surface area contributed by atoms with E-state index in [4.69, 9.17) is 0 Å². The van der Waals surface area contributed by atoms with Crippen LogP contribution >= 0.6 is 0 Å². The van der Waals surface area contributed by atoms with Gasteiger partial charge in [-0.2, -0.15) is 23.4 Å². The molecule has 7 nitrogen and oxygen atoms in total. The van der Waals surface area contributed by atoms with Gasteiger partial charge in [0.2, 0.25) is 5.69 Å². The van der Waals surface area contributed by atoms with E-state index in [-0.39, 0.29) is 11.4 Å². The maximum atomic E-state index is 14.1. The molecule has 4 aromatic rings. The van der Waals surface area contributed by atoms with E-state index in [9.17, 15) is 17.6 Å². The van der Waals surface area contributed by atoms with E-state index in [0.717, 1.165) is 17.3 Å². The number of halogens is 4. The van der Waals surface area contributed by atoms with E-state index in [2.05, 4.69) is 15.2 Å². The molecule has 0 aromatic carbocycles. The Balaban J connectivity index is 1.82. The Kier molecular flexibility index (Phi) is 2.93. The molecule has 0 fully saturated rings. The molecule has 1 spiro atoms. The Morgan fingerprint density at radius 1 is 1.00 bits per heavy atom. The Labute approximate surface area is 166 Å². The normalized spacial score (nSPS) is 18.5. The predicted molar refractivity (Wildman–Crippen MR) is 92.1 cm³/mol. The van der Waals surface area contributed by atoms with E-state index >= 15 is 0 Å². The van der Waals surface area contributed by atoms with Gasteiger partial charge in [0.15, 0.2) is 29.5 Å². The van der Waals surface area contributed by atoms with Gasteiger partial charge in [-0.25, -0.2) is 4.39 Å². The molecular weight excluding hydrogens is 402 g/mol. The highest BCUT2D eigenvalue weighted by molar-refractivity contribution is 5.60. The van der Waals surface area contributed by atoms with Crippen LogP contribution in [0.25, 0.3) is 22.8 Å². The highest BCUT2D eigenvalue weighted by Gasteiger charge is 2.70. The second-order valence-electron chi connectivity index (χ2n) is 7.33. The number of rotatable bonds is 0. The van der Waals surface area contributed by atoms with Gasteiger partial charge in [-0.1, -0.05) is 9.13 Å². The highest BCUT2D eigenvalue weighted by Crippen LogP contribution is 2.41. The number of pyridine rings is 1. The molecule has 0 aliphatic carbocycles. The van der Waals surface area contributed by atoms with Crippen LogP contribution in [0.1, 0.15) is 17.0 Å². The van der Waals surface area contributed by atoms with Crippen molar-refractivity contribution in [2.24, 2.45) is 0 Å². The summed E-state index contributed by atoms with van der Waals surface area (Å²) in [6.45, 7) is 3.71. The van der Waals surface area contributed by atoms with E-state index in [1.165, 1.54) is 29.2 Å². The summed E-state index contributed by atoms with van der Waals surface area (Å²) < 4.78 is 61.0. The Morgan fingerprint density at radius 2 is 1.77 bits per heavy atom. The second kappa shape index (κ2) is 5.10. The topological polar surface area (TPSA) is 56.3 Å². The molecule has 2 aliphatic rings. The first-order valence-electron chi connectivity index (χ1n) is 9.07. The van der Waals surface area contributed by atoms with Gasteiger partial charge in [-0.15, -0.1) is 9.36 Å². The lowest BCUT2D eigenvalue weighted by molar-refractivity contribution is -0.990. The van der Waals surface area contributed by atoms with Gasteiger partial charge in [0, 0.05) is 23.8 Å². The summed E-state index contributed by atoms with van der Waals surface area (Å²) in [5.74, 6) is -2.01. The second-order valence-corrected chi connectivity index (χ2v) is 7.33. The number of hydrogen-bond donors (Lipinski definition) is 0. The van der Waals surface area contributed by atoms with Gasteiger partial charge in [0.25, 0.3) is 5.69 Å². The van der Waals surface area contributed by atoms with Gasteiger partial charge < -0.3 is 0 Å². The SMILES string of the molecule is Cc1nn2c(c1C)-c1cncc[n+]1C21n2nc(C(F)(F)F)cc2-c2cc(F)cc[n+]21. The molecule has 0 N–H and O–H groups in total. The number of alkyl halides is 3. The molecule has 0 radical (unpaired) electrons. The number of hydrogen-bond acceptors (Lipinski definition) is 3. The quantitative estimate of drug-likeness (QED) is 0.282. The molecule has 0 amide bonds. The van der Waals surface area contributed by atoms with Crippen molar-refractivity contribution in [3.05, 3.63) is 65.8 Å². The predicted octanol–water partition coefficient (Wildman–Crippen LogP) is 2.00. The first-order chi connectivity index (χ1) is 14.2. The molecule has 0 saturated heterocycles. The number of fused-ring (bicyclic) bond motifs is 10. The van der Waals surface area contributed by atoms with E-state index in [1.807, 2.05) is 13.8 Å². The van der Waals surface area contributed by atoms with Crippen molar-refractivity contribution in [1.82, 2.24) is 24.5 Å². The Bertz CT molecular complexity index is 1380. The fourth-order valence-electron chi connectivity index (χ4n) is 4.40. The van der Waals surface area contributed by atoms with Crippen molar-refractivity contribution in [3.63, 3.8) is 0 Å². The minimum Gasteiger partial charge on any atom is -0.251 e. The summed E-state index contributed by atoms with van der Waals surface area (Å²) in [7, 11) is 0. The van der Waals surface area contributed by atoms with Crippen molar-refractivity contribution in [3.8, 4) is 22.8 Å². The van der Waals surface area contributed by atoms with Gasteiger partial charge in [0.05, 0.1) is 11.9 Å². The van der Waals surface area contributed by atoms with Crippen LogP contribution in [0.4, 0.5) is 17.6 Å². The molecular formula is C19H13F4N7+2. The first kappa shape index (κ1) is 17.2. The average molecular weight is 415 g/mol. The number of aromatic nitrogens is 7. The van der Waals surface area contributed by atoms with Crippen LogP contribution in [0.15, 0.2) is 43.0 Å². The molecule has 0 saturated carbocycles. The van der Waals surface area contributed by atoms with Crippen LogP contribution in [0.3, 0.4) is 0 Å². The minimum absolute atomic E-state index is 0.135. The summed E-state index contributed by atoms with van der Waals surface area (Å²) in [6.07, 6.45) is 1.66. The molecule has 6 rings (SSSR count). The molecule has 1 atom stereocenters. The Morgan fingerprint density at radius 3 is 2.53 bits per heavy atom. The lowest BCUT2D eigenvalue weighted by Gasteiger charge is -2.16. The van der Waals surface area contributed by atoms with Crippen molar-refractivity contribution >= 4 is 0 Å². The summed E-state index contributed by atoms with van der Waals surface area (Å²) in [4.78, 5) is 4.19. The van der Waals surface area contributed by atoms with Gasteiger partial charge in [-0.05, 0) is 13.8 Å². The monoisotopic (exact) mass is 415 g/mol. The summed E-state index contributed by atoms with van der Waals surface area (Å²) in [5, 5.41) is 8.57. The first-order valence-corrected chi connectivity index (χ1v) is 9.07. The zero-order valence-corrected chi connectivity index (χ0v) is 15.7. The van der Waals surface area contributed by atoms with Crippen molar-refractivity contribution in [2.45, 2.75) is 25.9 Å². The molecule has 6 heterocycles. The highest BCUT2D eigenvalue weighted by atomic mass is 19.4. The fourth-order valence-corrected chi connectivity index (χ4v) is 4.40. The van der Waals surface area contributed by atoms with Gasteiger partial charge >= 0.3 is 12.1 Å². The van der Waals surface area contributed by atoms with Gasteiger partial charge in [0.1, 0.15) is 12.0 Å². The zero-order valence-electron chi connectivity index (χ0n) is 15.7. The Hall–Kier alpha value is -3.63. The van der Waals surface area contributed by atoms with Crippen LogP contribution in [0, 0.1) is 19.7 Å². The molecule has 4 aromatic heterocycles. The molecule has 2 aliphatic heterocycles. The van der Waals surface area contributed by atoms with Crippen LogP contribution in [-0.2, 0) is 12.1 Å². The van der Waals surface area contributed by atoms with Gasteiger partial charge in [-0.3, -0.25) is 4.98 Å². The molecule has 11 heteroatoms. The fraction of sp³-hybridized carbons (Fsp3) is 0.211. The largest absolute Gasteiger partial charge is 0.583 e. The van der Waals surface area contributed by atoms with Crippen LogP contribution in [0.2, 0.25) is 0 Å². The number of nitrogens with zero attached hydrogens (tertiary/aromatic N) is 7. The summed E-state index contributed by atoms with van der Waals surface area (Å²) >= 11 is 0. The van der Waals surface area contributed by atoms with E-state index in [1.54, 1.807) is 26.2 Å². The van der Waals surface area contributed by atoms with E-state index in [0.29, 0.717) is 11.4 Å². The summed E-state index contributed by atoms with van der Waals surface area (Å²) in [5.41, 5.74) is 2.30. The third-order valence-corrected chi connectivity index (χ3v) is 5.75. The van der Waals surface area contributed by atoms with Crippen LogP contribution < -0.4 is 9.13 Å². The number of aryl methyl sites for hydroxylation is 1. The standard InChI is InChI=1S/C19H13F4N7/c1-10-11(2)25-30-17(10)15-9-24-4-6-28(15)19(30)27-5-3-12(20)7-13(27)14-8-16(18(21,22)23)26-29(14)19/h3-9H,1-2H3/q+2. The van der Waals surface area contributed by atoms with Crippen molar-refractivity contribution in [2.75, 3.05) is 0 Å². The van der Waals surface area contributed by atoms with Crippen molar-refractivity contribution in [1.29, 1.82) is 0 Å². The lowest BCUT2D eigenvalue weighted by atomic mass is 10.2. The average Bonchev–Trinajstić information content (AvgIpc) is 3.39. The third kappa shape index (κ3) is 1.78. The lowest BCUT2D eigenvalue weighted by Crippen LogP contribution is -2.77. The van der Waals surface area contributed by atoms with E-state index < -0.39 is 23.6 Å². The summed E-state index contributed by atoms with van der Waals surface area (Å²) in [6, 6.07) is 3.39. The molecule has 0 bridgehead atoms. The maximum Gasteiger partial charge on any atom is 0.583 e. The molecule has 150 valence electrons.